The molecule has 0 aliphatic carbocycles. The molecular formula is C19H19N3O3. The van der Waals surface area contributed by atoms with Gasteiger partial charge in [-0.05, 0) is 30.7 Å². The summed E-state index contributed by atoms with van der Waals surface area (Å²) in [5.41, 5.74) is 0.343. The highest BCUT2D eigenvalue weighted by Gasteiger charge is 2.14. The van der Waals surface area contributed by atoms with Crippen LogP contribution in [0.25, 0.3) is 10.9 Å². The fourth-order valence-electron chi connectivity index (χ4n) is 2.81. The summed E-state index contributed by atoms with van der Waals surface area (Å²) in [5, 5.41) is 3.20. The van der Waals surface area contributed by atoms with Crippen LogP contribution in [0.4, 0.5) is 5.69 Å². The van der Waals surface area contributed by atoms with E-state index in [0.29, 0.717) is 29.6 Å². The van der Waals surface area contributed by atoms with Gasteiger partial charge in [0.05, 0.1) is 10.9 Å². The summed E-state index contributed by atoms with van der Waals surface area (Å²) >= 11 is 0. The van der Waals surface area contributed by atoms with Crippen molar-refractivity contribution >= 4 is 22.5 Å². The van der Waals surface area contributed by atoms with Gasteiger partial charge in [0.2, 0.25) is 5.91 Å². The van der Waals surface area contributed by atoms with E-state index in [2.05, 4.69) is 5.32 Å². The molecule has 1 amide bonds. The summed E-state index contributed by atoms with van der Waals surface area (Å²) in [4.78, 5) is 37.6. The van der Waals surface area contributed by atoms with Crippen molar-refractivity contribution in [1.82, 2.24) is 9.13 Å². The molecule has 0 fully saturated rings. The summed E-state index contributed by atoms with van der Waals surface area (Å²) in [6, 6.07) is 15.9. The van der Waals surface area contributed by atoms with Crippen LogP contribution in [-0.4, -0.2) is 15.0 Å². The molecule has 0 aliphatic rings. The minimum absolute atomic E-state index is 0.155. The number of carbonyl (C=O) groups is 1. The Morgan fingerprint density at radius 1 is 0.960 bits per heavy atom. The lowest BCUT2D eigenvalue weighted by atomic mass is 10.2. The maximum absolute atomic E-state index is 12.7. The van der Waals surface area contributed by atoms with Gasteiger partial charge in [0, 0.05) is 12.2 Å². The van der Waals surface area contributed by atoms with Gasteiger partial charge >= 0.3 is 5.69 Å². The third-order valence-electron chi connectivity index (χ3n) is 3.94. The first-order valence-electron chi connectivity index (χ1n) is 8.19. The molecule has 0 spiro atoms. The summed E-state index contributed by atoms with van der Waals surface area (Å²) in [7, 11) is 0. The molecule has 3 rings (SSSR count). The molecule has 128 valence electrons. The first kappa shape index (κ1) is 16.7. The molecule has 1 N–H and O–H groups in total. The lowest BCUT2D eigenvalue weighted by molar-refractivity contribution is -0.116. The molecule has 1 aromatic heterocycles. The summed E-state index contributed by atoms with van der Waals surface area (Å²) < 4.78 is 2.54. The second-order valence-corrected chi connectivity index (χ2v) is 5.76. The summed E-state index contributed by atoms with van der Waals surface area (Å²) in [5.74, 6) is -0.319. The number of fused-ring (bicyclic) bond motifs is 1. The van der Waals surface area contributed by atoms with Gasteiger partial charge in [0.1, 0.15) is 6.54 Å². The predicted octanol–water partition coefficient (Wildman–Crippen LogP) is 2.21. The van der Waals surface area contributed by atoms with E-state index in [1.807, 2.05) is 25.1 Å². The molecular weight excluding hydrogens is 318 g/mol. The van der Waals surface area contributed by atoms with E-state index in [1.54, 1.807) is 36.4 Å². The molecule has 0 saturated carbocycles. The number of anilines is 1. The van der Waals surface area contributed by atoms with Crippen molar-refractivity contribution in [3.05, 3.63) is 75.4 Å². The molecule has 0 bridgehead atoms. The highest BCUT2D eigenvalue weighted by atomic mass is 16.2. The minimum Gasteiger partial charge on any atom is -0.325 e. The number of nitrogens with one attached hydrogen (secondary N) is 1. The Morgan fingerprint density at radius 2 is 1.64 bits per heavy atom. The van der Waals surface area contributed by atoms with E-state index in [1.165, 1.54) is 9.13 Å². The highest BCUT2D eigenvalue weighted by Crippen LogP contribution is 2.09. The van der Waals surface area contributed by atoms with Crippen molar-refractivity contribution in [2.24, 2.45) is 0 Å². The van der Waals surface area contributed by atoms with Crippen LogP contribution < -0.4 is 16.6 Å². The number of benzene rings is 2. The topological polar surface area (TPSA) is 73.1 Å². The van der Waals surface area contributed by atoms with E-state index in [-0.39, 0.29) is 18.0 Å². The van der Waals surface area contributed by atoms with Crippen LogP contribution in [0, 0.1) is 0 Å². The van der Waals surface area contributed by atoms with Crippen LogP contribution in [0.3, 0.4) is 0 Å². The van der Waals surface area contributed by atoms with E-state index >= 15 is 0 Å². The predicted molar refractivity (Wildman–Crippen MR) is 97.8 cm³/mol. The number of amides is 1. The molecule has 2 aromatic carbocycles. The smallest absolute Gasteiger partial charge is 0.325 e. The molecule has 0 atom stereocenters. The number of rotatable bonds is 5. The lowest BCUT2D eigenvalue weighted by Crippen LogP contribution is -2.41. The number of para-hydroxylation sites is 2. The van der Waals surface area contributed by atoms with Crippen LogP contribution in [0.2, 0.25) is 0 Å². The maximum Gasteiger partial charge on any atom is 0.331 e. The fraction of sp³-hybridized carbons (Fsp3) is 0.211. The zero-order valence-electron chi connectivity index (χ0n) is 13.9. The number of hydrogen-bond acceptors (Lipinski definition) is 3. The van der Waals surface area contributed by atoms with Crippen LogP contribution in [-0.2, 0) is 17.9 Å². The number of carbonyl (C=O) groups excluding carboxylic acids is 1. The van der Waals surface area contributed by atoms with Gasteiger partial charge in [0.15, 0.2) is 0 Å². The monoisotopic (exact) mass is 337 g/mol. The van der Waals surface area contributed by atoms with Crippen LogP contribution in [0.5, 0.6) is 0 Å². The van der Waals surface area contributed by atoms with Gasteiger partial charge < -0.3 is 5.32 Å². The molecule has 25 heavy (non-hydrogen) atoms. The fourth-order valence-corrected chi connectivity index (χ4v) is 2.81. The Labute approximate surface area is 144 Å². The number of hydrogen-bond donors (Lipinski definition) is 1. The summed E-state index contributed by atoms with van der Waals surface area (Å²) in [6.45, 7) is 2.06. The Balaban J connectivity index is 2.04. The number of aromatic nitrogens is 2. The SMILES string of the molecule is CCCn1c(=O)c2ccccc2n(CC(=O)Nc2ccccc2)c1=O. The molecule has 3 aromatic rings. The van der Waals surface area contributed by atoms with Crippen LogP contribution >= 0.6 is 0 Å². The lowest BCUT2D eigenvalue weighted by Gasteiger charge is -2.13. The molecule has 1 heterocycles. The van der Waals surface area contributed by atoms with Crippen molar-refractivity contribution in [1.29, 1.82) is 0 Å². The van der Waals surface area contributed by atoms with Crippen LogP contribution in [0.1, 0.15) is 13.3 Å². The first-order chi connectivity index (χ1) is 12.1. The van der Waals surface area contributed by atoms with Crippen molar-refractivity contribution < 1.29 is 4.79 Å². The van der Waals surface area contributed by atoms with Crippen molar-refractivity contribution in [2.45, 2.75) is 26.4 Å². The molecule has 0 radical (unpaired) electrons. The highest BCUT2D eigenvalue weighted by molar-refractivity contribution is 5.91. The molecule has 6 heteroatoms. The summed E-state index contributed by atoms with van der Waals surface area (Å²) in [6.07, 6.45) is 0.656. The van der Waals surface area contributed by atoms with Crippen LogP contribution in [0.15, 0.2) is 64.2 Å². The van der Waals surface area contributed by atoms with E-state index in [9.17, 15) is 14.4 Å². The number of nitrogens with zero attached hydrogens (tertiary/aromatic N) is 2. The van der Waals surface area contributed by atoms with Crippen molar-refractivity contribution in [3.63, 3.8) is 0 Å². The average molecular weight is 337 g/mol. The Morgan fingerprint density at radius 3 is 2.36 bits per heavy atom. The normalized spacial score (nSPS) is 10.8. The van der Waals surface area contributed by atoms with E-state index < -0.39 is 5.69 Å². The Kier molecular flexibility index (Phi) is 4.79. The van der Waals surface area contributed by atoms with Crippen molar-refractivity contribution in [3.8, 4) is 0 Å². The van der Waals surface area contributed by atoms with Crippen molar-refractivity contribution in [2.75, 3.05) is 5.32 Å². The molecule has 0 saturated heterocycles. The van der Waals surface area contributed by atoms with Gasteiger partial charge in [0.25, 0.3) is 5.56 Å². The minimum atomic E-state index is -0.464. The molecule has 0 unspecified atom stereocenters. The zero-order chi connectivity index (χ0) is 17.8. The zero-order valence-corrected chi connectivity index (χ0v) is 13.9. The van der Waals surface area contributed by atoms with Gasteiger partial charge in [-0.25, -0.2) is 4.79 Å². The van der Waals surface area contributed by atoms with Gasteiger partial charge in [-0.3, -0.25) is 18.7 Å². The largest absolute Gasteiger partial charge is 0.331 e. The van der Waals surface area contributed by atoms with Gasteiger partial charge in [-0.1, -0.05) is 37.3 Å². The third kappa shape index (κ3) is 3.38. The Hall–Kier alpha value is -3.15. The van der Waals surface area contributed by atoms with E-state index in [0.717, 1.165) is 0 Å². The van der Waals surface area contributed by atoms with E-state index in [4.69, 9.17) is 0 Å². The average Bonchev–Trinajstić information content (AvgIpc) is 2.63. The first-order valence-corrected chi connectivity index (χ1v) is 8.19. The third-order valence-corrected chi connectivity index (χ3v) is 3.94. The maximum atomic E-state index is 12.7. The quantitative estimate of drug-likeness (QED) is 0.776. The molecule has 0 aliphatic heterocycles. The van der Waals surface area contributed by atoms with Gasteiger partial charge in [-0.2, -0.15) is 0 Å². The standard InChI is InChI=1S/C19H19N3O3/c1-2-12-21-18(24)15-10-6-7-11-16(15)22(19(21)25)13-17(23)20-14-8-4-3-5-9-14/h3-11H,2,12-13H2,1H3,(H,20,23). The Bertz CT molecular complexity index is 1020. The van der Waals surface area contributed by atoms with Gasteiger partial charge in [-0.15, -0.1) is 0 Å². The second-order valence-electron chi connectivity index (χ2n) is 5.76. The molecule has 6 nitrogen and oxygen atoms in total. The second kappa shape index (κ2) is 7.17.